The third kappa shape index (κ3) is 4.90. The minimum absolute atomic E-state index is 0.0359. The number of aromatic nitrogens is 2. The Morgan fingerprint density at radius 3 is 2.69 bits per heavy atom. The van der Waals surface area contributed by atoms with Crippen molar-refractivity contribution in [1.29, 1.82) is 0 Å². The standard InChI is InChI=1S/C18H25FN4O2S/c1-2-10-20-26(24,25)23-16-8-6-13(7-9-16)17-12-18(22-21-17)14-4-3-5-15(19)11-14/h3-5,11-13,16,20,23H,2,6-10H2,1H3,(H,21,22). The zero-order valence-corrected chi connectivity index (χ0v) is 15.7. The lowest BCUT2D eigenvalue weighted by Gasteiger charge is -2.28. The van der Waals surface area contributed by atoms with Gasteiger partial charge in [-0.25, -0.2) is 9.11 Å². The molecule has 2 aromatic rings. The predicted molar refractivity (Wildman–Crippen MR) is 99.3 cm³/mol. The predicted octanol–water partition coefficient (Wildman–Crippen LogP) is 3.08. The number of benzene rings is 1. The number of hydrogen-bond acceptors (Lipinski definition) is 3. The Labute approximate surface area is 153 Å². The highest BCUT2D eigenvalue weighted by Gasteiger charge is 2.26. The lowest BCUT2D eigenvalue weighted by atomic mass is 9.84. The Hall–Kier alpha value is -1.77. The second-order valence-electron chi connectivity index (χ2n) is 6.78. The molecule has 6 nitrogen and oxygen atoms in total. The molecule has 1 aliphatic rings. The van der Waals surface area contributed by atoms with E-state index in [-0.39, 0.29) is 11.9 Å². The van der Waals surface area contributed by atoms with Gasteiger partial charge in [0.2, 0.25) is 0 Å². The van der Waals surface area contributed by atoms with Crippen molar-refractivity contribution in [3.63, 3.8) is 0 Å². The number of rotatable bonds is 7. The molecule has 1 aromatic heterocycles. The average molecular weight is 380 g/mol. The first-order chi connectivity index (χ1) is 12.5. The fourth-order valence-electron chi connectivity index (χ4n) is 3.36. The van der Waals surface area contributed by atoms with Crippen molar-refractivity contribution in [2.75, 3.05) is 6.54 Å². The van der Waals surface area contributed by atoms with Gasteiger partial charge in [0.25, 0.3) is 10.2 Å². The molecule has 1 aliphatic carbocycles. The highest BCUT2D eigenvalue weighted by atomic mass is 32.2. The molecule has 3 rings (SSSR count). The molecule has 1 heterocycles. The van der Waals surface area contributed by atoms with Crippen molar-refractivity contribution >= 4 is 10.2 Å². The summed E-state index contributed by atoms with van der Waals surface area (Å²) in [6, 6.07) is 8.31. The fraction of sp³-hybridized carbons (Fsp3) is 0.500. The molecule has 0 unspecified atom stereocenters. The molecule has 3 N–H and O–H groups in total. The van der Waals surface area contributed by atoms with Gasteiger partial charge < -0.3 is 0 Å². The first-order valence-corrected chi connectivity index (χ1v) is 10.5. The van der Waals surface area contributed by atoms with Crippen LogP contribution in [-0.4, -0.2) is 31.2 Å². The maximum atomic E-state index is 13.4. The molecule has 0 saturated heterocycles. The second-order valence-corrected chi connectivity index (χ2v) is 8.31. The van der Waals surface area contributed by atoms with Gasteiger partial charge >= 0.3 is 0 Å². The van der Waals surface area contributed by atoms with E-state index >= 15 is 0 Å². The van der Waals surface area contributed by atoms with E-state index in [1.807, 2.05) is 19.1 Å². The van der Waals surface area contributed by atoms with Crippen LogP contribution in [0.5, 0.6) is 0 Å². The van der Waals surface area contributed by atoms with Crippen LogP contribution in [0.25, 0.3) is 11.3 Å². The lowest BCUT2D eigenvalue weighted by molar-refractivity contribution is 0.368. The van der Waals surface area contributed by atoms with Crippen LogP contribution >= 0.6 is 0 Å². The van der Waals surface area contributed by atoms with Crippen LogP contribution in [0.2, 0.25) is 0 Å². The van der Waals surface area contributed by atoms with Crippen LogP contribution < -0.4 is 9.44 Å². The number of halogens is 1. The Balaban J connectivity index is 1.57. The monoisotopic (exact) mass is 380 g/mol. The van der Waals surface area contributed by atoms with Gasteiger partial charge in [0.1, 0.15) is 5.82 Å². The van der Waals surface area contributed by atoms with Gasteiger partial charge in [0.15, 0.2) is 0 Å². The molecule has 0 radical (unpaired) electrons. The minimum atomic E-state index is -3.42. The maximum absolute atomic E-state index is 13.4. The Bertz CT molecular complexity index is 829. The average Bonchev–Trinajstić information content (AvgIpc) is 3.10. The third-order valence-electron chi connectivity index (χ3n) is 4.75. The van der Waals surface area contributed by atoms with E-state index in [9.17, 15) is 12.8 Å². The van der Waals surface area contributed by atoms with Gasteiger partial charge in [-0.2, -0.15) is 18.2 Å². The third-order valence-corrected chi connectivity index (χ3v) is 5.98. The Kier molecular flexibility index (Phi) is 6.05. The molecule has 0 atom stereocenters. The molecular formula is C18H25FN4O2S. The summed E-state index contributed by atoms with van der Waals surface area (Å²) in [6.07, 6.45) is 4.09. The number of hydrogen-bond donors (Lipinski definition) is 3. The normalized spacial score (nSPS) is 21.0. The number of H-pyrrole nitrogens is 1. The molecule has 0 spiro atoms. The summed E-state index contributed by atoms with van der Waals surface area (Å²) in [5.74, 6) is 0.0330. The molecule has 0 amide bonds. The van der Waals surface area contributed by atoms with Crippen molar-refractivity contribution in [2.24, 2.45) is 0 Å². The molecule has 1 aromatic carbocycles. The molecular weight excluding hydrogens is 355 g/mol. The quantitative estimate of drug-likeness (QED) is 0.690. The highest BCUT2D eigenvalue weighted by Crippen LogP contribution is 2.33. The van der Waals surface area contributed by atoms with E-state index in [2.05, 4.69) is 19.6 Å². The summed E-state index contributed by atoms with van der Waals surface area (Å²) in [5.41, 5.74) is 2.50. The van der Waals surface area contributed by atoms with Crippen molar-refractivity contribution < 1.29 is 12.8 Å². The van der Waals surface area contributed by atoms with Gasteiger partial charge in [-0.1, -0.05) is 19.1 Å². The Morgan fingerprint density at radius 1 is 1.23 bits per heavy atom. The van der Waals surface area contributed by atoms with E-state index in [4.69, 9.17) is 0 Å². The molecule has 0 bridgehead atoms. The van der Waals surface area contributed by atoms with Gasteiger partial charge in [-0.15, -0.1) is 0 Å². The largest absolute Gasteiger partial charge is 0.282 e. The second kappa shape index (κ2) is 8.28. The van der Waals surface area contributed by atoms with Crippen LogP contribution in [0, 0.1) is 5.82 Å². The highest BCUT2D eigenvalue weighted by molar-refractivity contribution is 7.87. The maximum Gasteiger partial charge on any atom is 0.277 e. The molecule has 0 aliphatic heterocycles. The van der Waals surface area contributed by atoms with Gasteiger partial charge in [0, 0.05) is 29.8 Å². The number of nitrogens with zero attached hydrogens (tertiary/aromatic N) is 1. The number of aromatic amines is 1. The zero-order valence-electron chi connectivity index (χ0n) is 14.8. The smallest absolute Gasteiger partial charge is 0.277 e. The first-order valence-electron chi connectivity index (χ1n) is 9.05. The molecule has 1 fully saturated rings. The van der Waals surface area contributed by atoms with E-state index in [1.54, 1.807) is 6.07 Å². The van der Waals surface area contributed by atoms with E-state index in [1.165, 1.54) is 12.1 Å². The zero-order chi connectivity index (χ0) is 18.6. The summed E-state index contributed by atoms with van der Waals surface area (Å²) in [4.78, 5) is 0. The van der Waals surface area contributed by atoms with E-state index in [0.717, 1.165) is 49.1 Å². The minimum Gasteiger partial charge on any atom is -0.282 e. The lowest BCUT2D eigenvalue weighted by Crippen LogP contribution is -2.44. The summed E-state index contributed by atoms with van der Waals surface area (Å²) >= 11 is 0. The topological polar surface area (TPSA) is 86.9 Å². The van der Waals surface area contributed by atoms with Crippen LogP contribution in [0.1, 0.15) is 50.6 Å². The first kappa shape index (κ1) is 19.0. The van der Waals surface area contributed by atoms with Crippen LogP contribution in [0.15, 0.2) is 30.3 Å². The van der Waals surface area contributed by atoms with Crippen LogP contribution in [-0.2, 0) is 10.2 Å². The molecule has 26 heavy (non-hydrogen) atoms. The van der Waals surface area contributed by atoms with Crippen molar-refractivity contribution in [3.05, 3.63) is 41.8 Å². The summed E-state index contributed by atoms with van der Waals surface area (Å²) in [5, 5.41) is 7.36. The van der Waals surface area contributed by atoms with Crippen LogP contribution in [0.3, 0.4) is 0 Å². The van der Waals surface area contributed by atoms with Crippen molar-refractivity contribution in [3.8, 4) is 11.3 Å². The SMILES string of the molecule is CCCNS(=O)(=O)NC1CCC(c2cc(-c3cccc(F)c3)n[nH]2)CC1. The number of nitrogens with one attached hydrogen (secondary N) is 3. The van der Waals surface area contributed by atoms with Crippen LogP contribution in [0.4, 0.5) is 4.39 Å². The van der Waals surface area contributed by atoms with Gasteiger partial charge in [0.05, 0.1) is 5.69 Å². The summed E-state index contributed by atoms with van der Waals surface area (Å²) in [6.45, 7) is 2.37. The van der Waals surface area contributed by atoms with Crippen molar-refractivity contribution in [1.82, 2.24) is 19.6 Å². The molecule has 1 saturated carbocycles. The van der Waals surface area contributed by atoms with E-state index in [0.29, 0.717) is 12.5 Å². The fourth-order valence-corrected chi connectivity index (χ4v) is 4.59. The van der Waals surface area contributed by atoms with Crippen molar-refractivity contribution in [2.45, 2.75) is 51.0 Å². The Morgan fingerprint density at radius 2 is 2.00 bits per heavy atom. The molecule has 8 heteroatoms. The van der Waals surface area contributed by atoms with E-state index < -0.39 is 10.2 Å². The summed E-state index contributed by atoms with van der Waals surface area (Å²) in [7, 11) is -3.42. The summed E-state index contributed by atoms with van der Waals surface area (Å²) < 4.78 is 42.5. The van der Waals surface area contributed by atoms with Gasteiger partial charge in [-0.3, -0.25) is 5.10 Å². The molecule has 142 valence electrons. The van der Waals surface area contributed by atoms with Gasteiger partial charge in [-0.05, 0) is 50.3 Å².